The van der Waals surface area contributed by atoms with Gasteiger partial charge in [0.1, 0.15) is 0 Å². The third-order valence-corrected chi connectivity index (χ3v) is 22.7. The van der Waals surface area contributed by atoms with Crippen LogP contribution >= 0.6 is 15.0 Å². The second-order valence-corrected chi connectivity index (χ2v) is 23.9. The van der Waals surface area contributed by atoms with Crippen molar-refractivity contribution < 1.29 is 0 Å². The van der Waals surface area contributed by atoms with Crippen molar-refractivity contribution in [3.63, 3.8) is 0 Å². The van der Waals surface area contributed by atoms with Crippen molar-refractivity contribution in [1.29, 1.82) is 0 Å². The summed E-state index contributed by atoms with van der Waals surface area (Å²) in [5.74, 6) is 0. The summed E-state index contributed by atoms with van der Waals surface area (Å²) in [6.07, 6.45) is 35.1. The van der Waals surface area contributed by atoms with Crippen molar-refractivity contribution in [2.24, 2.45) is 0 Å². The van der Waals surface area contributed by atoms with Crippen molar-refractivity contribution >= 4 is 15.0 Å². The van der Waals surface area contributed by atoms with E-state index in [0.29, 0.717) is 0 Å². The minimum Gasteiger partial charge on any atom is -0.190 e. The second kappa shape index (κ2) is 9.98. The van der Waals surface area contributed by atoms with Gasteiger partial charge in [-0.3, -0.25) is 0 Å². The molecule has 0 atom stereocenters. The highest BCUT2D eigenvalue weighted by atomic mass is 31.2. The Morgan fingerprint density at radius 2 is 0.333 bits per heavy atom. The molecule has 12 aliphatic carbocycles. The van der Waals surface area contributed by atoms with Crippen LogP contribution < -0.4 is 4.17 Å². The molecule has 0 aromatic rings. The topological polar surface area (TPSA) is 33.5 Å². The highest BCUT2D eigenvalue weighted by molar-refractivity contribution is 7.66. The lowest BCUT2D eigenvalue weighted by Gasteiger charge is -2.46. The molecule has 248 valence electrons. The first kappa shape index (κ1) is 28.1. The van der Waals surface area contributed by atoms with Crippen LogP contribution in [0.2, 0.25) is 0 Å². The van der Waals surface area contributed by atoms with Gasteiger partial charge in [0, 0.05) is 72.5 Å². The highest BCUT2D eigenvalue weighted by Crippen LogP contribution is 2.78. The van der Waals surface area contributed by atoms with Crippen LogP contribution in [0.15, 0.2) is 0 Å². The zero-order valence-electron chi connectivity index (χ0n) is 27.9. The molecule has 0 aromatic heterocycles. The Labute approximate surface area is 273 Å². The van der Waals surface area contributed by atoms with E-state index in [-0.39, 0.29) is 0 Å². The van der Waals surface area contributed by atoms with Crippen molar-refractivity contribution in [2.45, 2.75) is 227 Å². The molecule has 0 unspecified atom stereocenters. The predicted octanol–water partition coefficient (Wildman–Crippen LogP) is 7.71. The standard InChI is InChI=1S/C36H60N7P2/c1-2-25(1)38(26-3-4-26)44(39(27-5-6-27)28-7-8-28,40(29-9-10-29)30-11-12-30)37-45(41(31-13-14-31)32-15-16-32,42(33-17-18-33)34-19-20-34)43(35-21-22-35)36-23-24-36/h25-36H,1-24H2/q+1. The summed E-state index contributed by atoms with van der Waals surface area (Å²) in [6.45, 7) is 0. The van der Waals surface area contributed by atoms with Crippen LogP contribution in [-0.4, -0.2) is 101 Å². The van der Waals surface area contributed by atoms with Crippen LogP contribution in [0.25, 0.3) is 0 Å². The van der Waals surface area contributed by atoms with Gasteiger partial charge >= 0.3 is 15.0 Å². The Morgan fingerprint density at radius 3 is 0.422 bits per heavy atom. The summed E-state index contributed by atoms with van der Waals surface area (Å²) in [7, 11) is -4.19. The maximum Gasteiger partial charge on any atom is 0.433 e. The molecule has 0 heterocycles. The van der Waals surface area contributed by atoms with E-state index in [4.69, 9.17) is 4.17 Å². The van der Waals surface area contributed by atoms with Gasteiger partial charge in [-0.2, -0.15) is 28.0 Å². The molecule has 0 bridgehead atoms. The lowest BCUT2D eigenvalue weighted by molar-refractivity contribution is 0.268. The Morgan fingerprint density at radius 1 is 0.222 bits per heavy atom. The molecular formula is C36H60N7P2+. The van der Waals surface area contributed by atoms with E-state index in [1.807, 2.05) is 0 Å². The van der Waals surface area contributed by atoms with Crippen molar-refractivity contribution in [1.82, 2.24) is 32.2 Å². The first-order valence-corrected chi connectivity index (χ1v) is 23.7. The molecule has 12 fully saturated rings. The average molecular weight is 653 g/mol. The fourth-order valence-corrected chi connectivity index (χ4v) is 22.6. The monoisotopic (exact) mass is 652 g/mol. The quantitative estimate of drug-likeness (QED) is 0.112. The summed E-state index contributed by atoms with van der Waals surface area (Å²) < 4.78 is 27.7. The second-order valence-electron chi connectivity index (χ2n) is 18.2. The molecule has 45 heavy (non-hydrogen) atoms. The van der Waals surface area contributed by atoms with Gasteiger partial charge in [0.2, 0.25) is 0 Å². The van der Waals surface area contributed by atoms with E-state index in [1.165, 1.54) is 154 Å². The van der Waals surface area contributed by atoms with Crippen LogP contribution in [-0.2, 0) is 0 Å². The SMILES string of the molecule is C1CC1N(C1CC1)P(=[N+]=P(N(C1CC1)C1CC1)(N(C1CC1)C1CC1)N(C1CC1)C1CC1)(N(C1CC1)C1CC1)N(C1CC1)C1CC1. The zero-order valence-corrected chi connectivity index (χ0v) is 29.7. The third kappa shape index (κ3) is 4.98. The third-order valence-electron chi connectivity index (χ3n) is 13.2. The van der Waals surface area contributed by atoms with Crippen LogP contribution in [0.4, 0.5) is 0 Å². The summed E-state index contributed by atoms with van der Waals surface area (Å²) in [5, 5.41) is 0. The van der Waals surface area contributed by atoms with Gasteiger partial charge in [-0.25, -0.2) is 0 Å². The number of hydrogen-bond donors (Lipinski definition) is 0. The van der Waals surface area contributed by atoms with E-state index in [1.54, 1.807) is 0 Å². The summed E-state index contributed by atoms with van der Waals surface area (Å²) in [4.78, 5) is 0. The Kier molecular flexibility index (Phi) is 6.22. The summed E-state index contributed by atoms with van der Waals surface area (Å²) in [5.41, 5.74) is 0. The van der Waals surface area contributed by atoms with Crippen LogP contribution in [0.1, 0.15) is 154 Å². The van der Waals surface area contributed by atoms with Crippen LogP contribution in [0.5, 0.6) is 0 Å². The van der Waals surface area contributed by atoms with Gasteiger partial charge in [-0.05, 0) is 154 Å². The number of hydrogen-bond acceptors (Lipinski definition) is 0. The van der Waals surface area contributed by atoms with Crippen molar-refractivity contribution in [2.75, 3.05) is 0 Å². The molecule has 0 radical (unpaired) electrons. The zero-order chi connectivity index (χ0) is 29.1. The van der Waals surface area contributed by atoms with Gasteiger partial charge in [0.05, 0.1) is 0 Å². The van der Waals surface area contributed by atoms with Gasteiger partial charge in [0.25, 0.3) is 0 Å². The van der Waals surface area contributed by atoms with Gasteiger partial charge < -0.3 is 0 Å². The molecule has 12 rings (SSSR count). The van der Waals surface area contributed by atoms with Crippen molar-refractivity contribution in [3.05, 3.63) is 0 Å². The smallest absolute Gasteiger partial charge is 0.190 e. The predicted molar refractivity (Wildman–Crippen MR) is 183 cm³/mol. The molecule has 12 saturated carbocycles. The van der Waals surface area contributed by atoms with E-state index in [9.17, 15) is 0 Å². The first-order valence-electron chi connectivity index (χ1n) is 20.5. The van der Waals surface area contributed by atoms with Gasteiger partial charge in [0.15, 0.2) is 0 Å². The highest BCUT2D eigenvalue weighted by Gasteiger charge is 2.73. The fraction of sp³-hybridized carbons (Fsp3) is 1.00. The van der Waals surface area contributed by atoms with Gasteiger partial charge in [-0.15, -0.1) is 0 Å². The van der Waals surface area contributed by atoms with Crippen LogP contribution in [0.3, 0.4) is 0 Å². The molecule has 0 aromatic carbocycles. The molecule has 0 amide bonds. The largest absolute Gasteiger partial charge is 0.433 e. The molecule has 0 aliphatic heterocycles. The fourth-order valence-electron chi connectivity index (χ4n) is 9.64. The average Bonchev–Trinajstić information content (AvgIpc) is 3.76. The number of rotatable bonds is 18. The Balaban J connectivity index is 1.25. The lowest BCUT2D eigenvalue weighted by Crippen LogP contribution is -2.50. The van der Waals surface area contributed by atoms with E-state index in [2.05, 4.69) is 28.0 Å². The molecule has 0 saturated heterocycles. The maximum atomic E-state index is 7.45. The van der Waals surface area contributed by atoms with Crippen molar-refractivity contribution in [3.8, 4) is 0 Å². The summed E-state index contributed by atoms with van der Waals surface area (Å²) >= 11 is 0. The van der Waals surface area contributed by atoms with E-state index < -0.39 is 15.0 Å². The summed E-state index contributed by atoms with van der Waals surface area (Å²) in [6, 6.07) is 9.97. The molecule has 9 heteroatoms. The Hall–Kier alpha value is 0.330. The number of nitrogens with zero attached hydrogens (tertiary/aromatic N) is 7. The molecular weight excluding hydrogens is 592 g/mol. The Bertz CT molecular complexity index is 1010. The maximum absolute atomic E-state index is 7.45. The van der Waals surface area contributed by atoms with Crippen LogP contribution in [0, 0.1) is 0 Å². The first-order chi connectivity index (χ1) is 22.2. The lowest BCUT2D eigenvalue weighted by atomic mass is 10.6. The minimum atomic E-state index is -2.09. The van der Waals surface area contributed by atoms with E-state index >= 15 is 0 Å². The molecule has 7 nitrogen and oxygen atoms in total. The molecule has 0 N–H and O–H groups in total. The normalized spacial score (nSPS) is 33.0. The molecule has 0 spiro atoms. The van der Waals surface area contributed by atoms with E-state index in [0.717, 1.165) is 72.5 Å². The minimum absolute atomic E-state index is 0.831. The van der Waals surface area contributed by atoms with Gasteiger partial charge in [-0.1, -0.05) is 4.17 Å². The molecule has 12 aliphatic rings.